The predicted molar refractivity (Wildman–Crippen MR) is 116 cm³/mol. The number of nitriles is 2. The summed E-state index contributed by atoms with van der Waals surface area (Å²) < 4.78 is 17.1. The normalized spacial score (nSPS) is 11.8. The van der Waals surface area contributed by atoms with Gasteiger partial charge in [-0.05, 0) is 36.8 Å². The second-order valence-electron chi connectivity index (χ2n) is 6.45. The molecule has 0 fully saturated rings. The summed E-state index contributed by atoms with van der Waals surface area (Å²) in [5.41, 5.74) is 2.23. The van der Waals surface area contributed by atoms with Gasteiger partial charge in [0.25, 0.3) is 5.56 Å². The third kappa shape index (κ3) is 6.26. The molecule has 0 bridgehead atoms. The molecule has 1 aromatic heterocycles. The van der Waals surface area contributed by atoms with Crippen LogP contribution >= 0.6 is 0 Å². The molecule has 31 heavy (non-hydrogen) atoms. The van der Waals surface area contributed by atoms with Crippen molar-refractivity contribution in [3.05, 3.63) is 80.6 Å². The van der Waals surface area contributed by atoms with Gasteiger partial charge >= 0.3 is 0 Å². The summed E-state index contributed by atoms with van der Waals surface area (Å²) >= 11 is 0. The summed E-state index contributed by atoms with van der Waals surface area (Å²) in [7, 11) is 1.55. The third-order valence-electron chi connectivity index (χ3n) is 4.38. The molecule has 1 amide bonds. The summed E-state index contributed by atoms with van der Waals surface area (Å²) in [6.07, 6.45) is 3.24. The minimum Gasteiger partial charge on any atom is -0.383 e. The highest BCUT2D eigenvalue weighted by Gasteiger charge is 2.24. The van der Waals surface area contributed by atoms with E-state index in [1.165, 1.54) is 18.2 Å². The van der Waals surface area contributed by atoms with Crippen LogP contribution in [0.1, 0.15) is 30.8 Å². The molecule has 0 saturated heterocycles. The molecule has 1 aliphatic rings. The Balaban J connectivity index is 0.000000789. The number of amides is 1. The lowest BCUT2D eigenvalue weighted by molar-refractivity contribution is -0.120. The van der Waals surface area contributed by atoms with Crippen LogP contribution in [-0.4, -0.2) is 31.2 Å². The Labute approximate surface area is 181 Å². The number of benzene rings is 1. The van der Waals surface area contributed by atoms with Gasteiger partial charge < -0.3 is 20.4 Å². The summed E-state index contributed by atoms with van der Waals surface area (Å²) in [5.74, 6) is -0.627. The van der Waals surface area contributed by atoms with E-state index in [2.05, 4.69) is 21.7 Å². The van der Waals surface area contributed by atoms with Crippen molar-refractivity contribution in [3.63, 3.8) is 0 Å². The van der Waals surface area contributed by atoms with E-state index in [1.54, 1.807) is 32.4 Å². The Morgan fingerprint density at radius 3 is 2.71 bits per heavy atom. The SMILES string of the molecule is COCCNC(=O)Cc1c(C)c2c([nH]c1=O)C=CN[C]2C#N.N#Cc1cccc(F)c1.[HH].[HH]. The lowest BCUT2D eigenvalue weighted by atomic mass is 9.93. The van der Waals surface area contributed by atoms with Gasteiger partial charge in [0.2, 0.25) is 5.91 Å². The Morgan fingerprint density at radius 1 is 1.32 bits per heavy atom. The van der Waals surface area contributed by atoms with Crippen LogP contribution in [0, 0.1) is 41.4 Å². The topological polar surface area (TPSA) is 131 Å². The number of aromatic amines is 1. The number of ether oxygens (including phenoxy) is 1. The maximum atomic E-state index is 12.2. The molecule has 0 aliphatic carbocycles. The van der Waals surface area contributed by atoms with Gasteiger partial charge in [-0.3, -0.25) is 9.59 Å². The zero-order valence-electron chi connectivity index (χ0n) is 17.1. The molecule has 0 spiro atoms. The molecule has 3 N–H and O–H groups in total. The molecule has 0 unspecified atom stereocenters. The number of H-pyrrole nitrogens is 1. The highest BCUT2D eigenvalue weighted by atomic mass is 19.1. The van der Waals surface area contributed by atoms with E-state index in [1.807, 2.05) is 6.07 Å². The van der Waals surface area contributed by atoms with Crippen LogP contribution in [0.3, 0.4) is 0 Å². The molecule has 2 heterocycles. The van der Waals surface area contributed by atoms with E-state index in [0.29, 0.717) is 47.1 Å². The lowest BCUT2D eigenvalue weighted by Gasteiger charge is -2.20. The van der Waals surface area contributed by atoms with Crippen molar-refractivity contribution in [1.29, 1.82) is 10.5 Å². The molecule has 9 heteroatoms. The van der Waals surface area contributed by atoms with Gasteiger partial charge in [0.15, 0.2) is 6.04 Å². The van der Waals surface area contributed by atoms with Crippen LogP contribution in [0.5, 0.6) is 0 Å². The molecule has 1 aromatic carbocycles. The van der Waals surface area contributed by atoms with Gasteiger partial charge in [0.05, 0.1) is 30.7 Å². The minimum atomic E-state index is -0.367. The van der Waals surface area contributed by atoms with Crippen molar-refractivity contribution < 1.29 is 16.8 Å². The fourth-order valence-corrected chi connectivity index (χ4v) is 2.89. The number of methoxy groups -OCH3 is 1. The van der Waals surface area contributed by atoms with Crippen molar-refractivity contribution >= 4 is 12.0 Å². The summed E-state index contributed by atoms with van der Waals surface area (Å²) in [5, 5.41) is 22.9. The predicted octanol–water partition coefficient (Wildman–Crippen LogP) is 2.16. The fourth-order valence-electron chi connectivity index (χ4n) is 2.89. The van der Waals surface area contributed by atoms with Gasteiger partial charge in [0.1, 0.15) is 5.82 Å². The number of halogens is 1. The Bertz CT molecular complexity index is 1120. The van der Waals surface area contributed by atoms with Crippen LogP contribution in [-0.2, 0) is 16.0 Å². The van der Waals surface area contributed by atoms with E-state index in [0.717, 1.165) is 0 Å². The number of carbonyl (C=O) groups excluding carboxylic acids is 1. The molecule has 1 aliphatic heterocycles. The molecule has 0 saturated carbocycles. The van der Waals surface area contributed by atoms with E-state index >= 15 is 0 Å². The summed E-state index contributed by atoms with van der Waals surface area (Å²) in [4.78, 5) is 26.8. The smallest absolute Gasteiger partial charge is 0.252 e. The first kappa shape index (κ1) is 23.3. The van der Waals surface area contributed by atoms with E-state index in [9.17, 15) is 19.2 Å². The quantitative estimate of drug-likeness (QED) is 0.628. The zero-order chi connectivity index (χ0) is 22.8. The molecule has 163 valence electrons. The molecule has 8 nitrogen and oxygen atoms in total. The van der Waals surface area contributed by atoms with Crippen LogP contribution in [0.15, 0.2) is 35.3 Å². The van der Waals surface area contributed by atoms with E-state index < -0.39 is 0 Å². The van der Waals surface area contributed by atoms with Crippen LogP contribution in [0.25, 0.3) is 6.08 Å². The van der Waals surface area contributed by atoms with Crippen LogP contribution < -0.4 is 16.2 Å². The maximum Gasteiger partial charge on any atom is 0.252 e. The Hall–Kier alpha value is -3.95. The summed E-state index contributed by atoms with van der Waals surface area (Å²) in [6.45, 7) is 2.54. The average molecular weight is 426 g/mol. The highest BCUT2D eigenvalue weighted by molar-refractivity contribution is 5.79. The van der Waals surface area contributed by atoms with Crippen LogP contribution in [0.2, 0.25) is 0 Å². The van der Waals surface area contributed by atoms with E-state index in [-0.39, 0.29) is 26.6 Å². The third-order valence-corrected chi connectivity index (χ3v) is 4.38. The van der Waals surface area contributed by atoms with Gasteiger partial charge in [0, 0.05) is 39.5 Å². The van der Waals surface area contributed by atoms with Gasteiger partial charge in [-0.25, -0.2) is 4.39 Å². The average Bonchev–Trinajstić information content (AvgIpc) is 2.76. The molecular weight excluding hydrogens is 401 g/mol. The minimum absolute atomic E-state index is 0. The summed E-state index contributed by atoms with van der Waals surface area (Å²) in [6, 6.07) is 9.81. The second-order valence-corrected chi connectivity index (χ2v) is 6.45. The molecule has 3 rings (SSSR count). The zero-order valence-corrected chi connectivity index (χ0v) is 17.1. The van der Waals surface area contributed by atoms with Gasteiger partial charge in [-0.2, -0.15) is 10.5 Å². The van der Waals surface area contributed by atoms with Crippen molar-refractivity contribution in [1.82, 2.24) is 15.6 Å². The van der Waals surface area contributed by atoms with Crippen molar-refractivity contribution in [2.75, 3.05) is 20.3 Å². The number of aromatic nitrogens is 1. The number of pyridine rings is 1. The number of carbonyl (C=O) groups is 1. The van der Waals surface area contributed by atoms with Crippen molar-refractivity contribution in [2.24, 2.45) is 0 Å². The number of nitrogens with zero attached hydrogens (tertiary/aromatic N) is 2. The Kier molecular flexibility index (Phi) is 8.50. The first-order valence-electron chi connectivity index (χ1n) is 9.28. The number of hydrogen-bond donors (Lipinski definition) is 3. The van der Waals surface area contributed by atoms with Crippen LogP contribution in [0.4, 0.5) is 4.39 Å². The van der Waals surface area contributed by atoms with Crippen molar-refractivity contribution in [3.8, 4) is 12.1 Å². The lowest BCUT2D eigenvalue weighted by Crippen LogP contribution is -2.32. The number of rotatable bonds is 5. The molecule has 2 aromatic rings. The van der Waals surface area contributed by atoms with Crippen molar-refractivity contribution in [2.45, 2.75) is 13.3 Å². The number of nitrogens with one attached hydrogen (secondary N) is 3. The monoisotopic (exact) mass is 426 g/mol. The first-order chi connectivity index (χ1) is 14.9. The largest absolute Gasteiger partial charge is 0.383 e. The molecule has 1 radical (unpaired) electrons. The Morgan fingerprint density at radius 2 is 2.10 bits per heavy atom. The molecule has 0 atom stereocenters. The van der Waals surface area contributed by atoms with E-state index in [4.69, 9.17) is 10.00 Å². The second kappa shape index (κ2) is 11.3. The first-order valence-corrected chi connectivity index (χ1v) is 9.28. The fraction of sp³-hybridized carbons (Fsp3) is 0.227. The number of hydrogen-bond acceptors (Lipinski definition) is 6. The standard InChI is InChI=1S/C15H17N4O3.C7H4FN.2H2/c1-9-10(7-13(20)18-5-6-22-2)15(21)19-11-3-4-17-12(8-16)14(9)11;8-7-3-1-2-6(4-7)5-9;;/h3-4,17H,5-7H2,1-2H3,(H,18,20)(H,19,21);1-4H;2*1H. The van der Waals surface area contributed by atoms with Gasteiger partial charge in [-0.1, -0.05) is 6.07 Å². The highest BCUT2D eigenvalue weighted by Crippen LogP contribution is 2.25. The van der Waals surface area contributed by atoms with Gasteiger partial charge in [-0.15, -0.1) is 0 Å². The maximum absolute atomic E-state index is 12.2. The number of fused-ring (bicyclic) bond motifs is 1. The molecular formula is C22H25FN5O3.